The minimum absolute atomic E-state index is 0.125. The molecule has 4 aromatic rings. The Labute approximate surface area is 183 Å². The van der Waals surface area contributed by atoms with Gasteiger partial charge in [-0.05, 0) is 30.3 Å². The van der Waals surface area contributed by atoms with Crippen LogP contribution >= 0.6 is 11.6 Å². The molecule has 32 heavy (non-hydrogen) atoms. The number of amides is 1. The Morgan fingerprint density at radius 1 is 0.969 bits per heavy atom. The highest BCUT2D eigenvalue weighted by atomic mass is 35.5. The van der Waals surface area contributed by atoms with Crippen LogP contribution in [0.3, 0.4) is 0 Å². The molecule has 1 heterocycles. The number of carbonyl (C=O) groups excluding carboxylic acids is 2. The molecule has 0 aliphatic carbocycles. The van der Waals surface area contributed by atoms with E-state index < -0.39 is 28.6 Å². The SMILES string of the molecule is NC(=O)Oc1ccc2nc(-c3ccc(C(=O)c4ccc(Cl)c(C(F)(F)F)c4)cc3)[nH]c2c1. The molecule has 162 valence electrons. The molecule has 6 nitrogen and oxygen atoms in total. The number of hydrogen-bond acceptors (Lipinski definition) is 4. The van der Waals surface area contributed by atoms with Crippen molar-refractivity contribution in [2.24, 2.45) is 5.73 Å². The molecule has 3 N–H and O–H groups in total. The van der Waals surface area contributed by atoms with Crippen molar-refractivity contribution in [2.45, 2.75) is 6.18 Å². The first-order valence-electron chi connectivity index (χ1n) is 9.11. The minimum atomic E-state index is -4.67. The molecule has 0 bridgehead atoms. The van der Waals surface area contributed by atoms with Gasteiger partial charge in [-0.15, -0.1) is 0 Å². The van der Waals surface area contributed by atoms with Gasteiger partial charge < -0.3 is 15.5 Å². The molecule has 0 unspecified atom stereocenters. The number of aromatic amines is 1. The van der Waals surface area contributed by atoms with Crippen LogP contribution in [0.2, 0.25) is 5.02 Å². The van der Waals surface area contributed by atoms with E-state index in [9.17, 15) is 22.8 Å². The van der Waals surface area contributed by atoms with Crippen molar-refractivity contribution in [2.75, 3.05) is 0 Å². The Morgan fingerprint density at radius 3 is 2.31 bits per heavy atom. The molecule has 1 aromatic heterocycles. The molecule has 0 spiro atoms. The summed E-state index contributed by atoms with van der Waals surface area (Å²) in [4.78, 5) is 31.1. The van der Waals surface area contributed by atoms with Gasteiger partial charge in [0, 0.05) is 22.8 Å². The van der Waals surface area contributed by atoms with E-state index in [0.29, 0.717) is 22.4 Å². The van der Waals surface area contributed by atoms with E-state index >= 15 is 0 Å². The van der Waals surface area contributed by atoms with Gasteiger partial charge in [0.2, 0.25) is 0 Å². The number of ketones is 1. The topological polar surface area (TPSA) is 98.1 Å². The molecule has 0 aliphatic rings. The zero-order valence-electron chi connectivity index (χ0n) is 16.0. The van der Waals surface area contributed by atoms with Crippen LogP contribution in [0.15, 0.2) is 60.7 Å². The van der Waals surface area contributed by atoms with Crippen LogP contribution in [0, 0.1) is 0 Å². The highest BCUT2D eigenvalue weighted by Crippen LogP contribution is 2.35. The van der Waals surface area contributed by atoms with Gasteiger partial charge >= 0.3 is 12.3 Å². The van der Waals surface area contributed by atoms with Crippen molar-refractivity contribution in [3.8, 4) is 17.1 Å². The Balaban J connectivity index is 1.61. The fraction of sp³-hybridized carbons (Fsp3) is 0.0455. The standard InChI is InChI=1S/C22H13ClF3N3O3/c23-16-7-5-13(9-15(16)22(24,25)26)19(30)11-1-3-12(4-2-11)20-28-17-8-6-14(32-21(27)31)10-18(17)29-20/h1-10H,(H2,27,31)(H,28,29). The number of nitrogens with zero attached hydrogens (tertiary/aromatic N) is 1. The fourth-order valence-electron chi connectivity index (χ4n) is 3.13. The highest BCUT2D eigenvalue weighted by molar-refractivity contribution is 6.31. The molecular formula is C22H13ClF3N3O3. The average molecular weight is 460 g/mol. The second-order valence-corrected chi connectivity index (χ2v) is 7.19. The lowest BCUT2D eigenvalue weighted by atomic mass is 10.00. The quantitative estimate of drug-likeness (QED) is 0.389. The van der Waals surface area contributed by atoms with Gasteiger partial charge in [0.05, 0.1) is 21.6 Å². The number of ether oxygens (including phenoxy) is 1. The van der Waals surface area contributed by atoms with Gasteiger partial charge in [-0.25, -0.2) is 9.78 Å². The third kappa shape index (κ3) is 4.28. The Morgan fingerprint density at radius 2 is 1.66 bits per heavy atom. The summed E-state index contributed by atoms with van der Waals surface area (Å²) in [6.07, 6.45) is -5.60. The number of nitrogens with two attached hydrogens (primary N) is 1. The minimum Gasteiger partial charge on any atom is -0.410 e. The molecule has 1 amide bonds. The molecule has 10 heteroatoms. The maximum Gasteiger partial charge on any atom is 0.417 e. The summed E-state index contributed by atoms with van der Waals surface area (Å²) in [5.74, 6) is 0.167. The van der Waals surface area contributed by atoms with Crippen molar-refractivity contribution in [1.82, 2.24) is 9.97 Å². The van der Waals surface area contributed by atoms with E-state index in [1.807, 2.05) is 0 Å². The van der Waals surface area contributed by atoms with Gasteiger partial charge in [0.15, 0.2) is 5.78 Å². The van der Waals surface area contributed by atoms with Crippen LogP contribution < -0.4 is 10.5 Å². The van der Waals surface area contributed by atoms with E-state index in [2.05, 4.69) is 9.97 Å². The second-order valence-electron chi connectivity index (χ2n) is 6.78. The summed E-state index contributed by atoms with van der Waals surface area (Å²) in [5.41, 5.74) is 5.87. The van der Waals surface area contributed by atoms with Crippen molar-refractivity contribution >= 4 is 34.5 Å². The zero-order chi connectivity index (χ0) is 23.0. The third-order valence-corrected chi connectivity index (χ3v) is 4.96. The van der Waals surface area contributed by atoms with Crippen LogP contribution in [0.25, 0.3) is 22.4 Å². The van der Waals surface area contributed by atoms with E-state index in [1.54, 1.807) is 30.3 Å². The number of carbonyl (C=O) groups is 2. The normalized spacial score (nSPS) is 11.5. The number of rotatable bonds is 4. The number of aromatic nitrogens is 2. The van der Waals surface area contributed by atoms with Gasteiger partial charge in [-0.2, -0.15) is 13.2 Å². The lowest BCUT2D eigenvalue weighted by Gasteiger charge is -2.10. The van der Waals surface area contributed by atoms with E-state index in [-0.39, 0.29) is 16.9 Å². The molecule has 0 saturated heterocycles. The Hall–Kier alpha value is -3.85. The fourth-order valence-corrected chi connectivity index (χ4v) is 3.36. The number of halogens is 4. The number of H-pyrrole nitrogens is 1. The molecule has 4 rings (SSSR count). The lowest BCUT2D eigenvalue weighted by Crippen LogP contribution is -2.16. The summed E-state index contributed by atoms with van der Waals surface area (Å²) in [7, 11) is 0. The number of hydrogen-bond donors (Lipinski definition) is 2. The third-order valence-electron chi connectivity index (χ3n) is 4.63. The number of benzene rings is 3. The van der Waals surface area contributed by atoms with Crippen LogP contribution in [-0.4, -0.2) is 21.8 Å². The molecule has 0 aliphatic heterocycles. The van der Waals surface area contributed by atoms with Crippen LogP contribution in [0.1, 0.15) is 21.5 Å². The molecular weight excluding hydrogens is 447 g/mol. The highest BCUT2D eigenvalue weighted by Gasteiger charge is 2.33. The van der Waals surface area contributed by atoms with Gasteiger partial charge in [0.25, 0.3) is 0 Å². The van der Waals surface area contributed by atoms with Crippen molar-refractivity contribution in [1.29, 1.82) is 0 Å². The van der Waals surface area contributed by atoms with Gasteiger partial charge in [-0.3, -0.25) is 4.79 Å². The summed E-state index contributed by atoms with van der Waals surface area (Å²) in [6, 6.07) is 14.0. The first kappa shape index (κ1) is 21.4. The molecule has 3 aromatic carbocycles. The average Bonchev–Trinajstić information content (AvgIpc) is 3.16. The Kier molecular flexibility index (Phi) is 5.35. The number of fused-ring (bicyclic) bond motifs is 1. The predicted octanol–water partition coefficient (Wildman–Crippen LogP) is 5.59. The lowest BCUT2D eigenvalue weighted by molar-refractivity contribution is -0.137. The van der Waals surface area contributed by atoms with Gasteiger partial charge in [0.1, 0.15) is 11.6 Å². The molecule has 0 radical (unpaired) electrons. The predicted molar refractivity (Wildman–Crippen MR) is 112 cm³/mol. The smallest absolute Gasteiger partial charge is 0.410 e. The second kappa shape index (κ2) is 8.01. The monoisotopic (exact) mass is 459 g/mol. The largest absolute Gasteiger partial charge is 0.417 e. The molecule has 0 fully saturated rings. The van der Waals surface area contributed by atoms with Crippen LogP contribution in [0.5, 0.6) is 5.75 Å². The van der Waals surface area contributed by atoms with Gasteiger partial charge in [-0.1, -0.05) is 35.9 Å². The maximum absolute atomic E-state index is 13.1. The summed E-state index contributed by atoms with van der Waals surface area (Å²) in [6.45, 7) is 0. The number of primary amides is 1. The summed E-state index contributed by atoms with van der Waals surface area (Å²) < 4.78 is 44.1. The van der Waals surface area contributed by atoms with Crippen LogP contribution in [0.4, 0.5) is 18.0 Å². The van der Waals surface area contributed by atoms with E-state index in [4.69, 9.17) is 22.1 Å². The molecule has 0 atom stereocenters. The number of nitrogens with one attached hydrogen (secondary N) is 1. The summed E-state index contributed by atoms with van der Waals surface area (Å²) >= 11 is 5.62. The molecule has 0 saturated carbocycles. The van der Waals surface area contributed by atoms with Crippen molar-refractivity contribution in [3.63, 3.8) is 0 Å². The van der Waals surface area contributed by atoms with E-state index in [0.717, 1.165) is 12.1 Å². The van der Waals surface area contributed by atoms with Crippen molar-refractivity contribution < 1.29 is 27.5 Å². The first-order chi connectivity index (χ1) is 15.1. The number of alkyl halides is 3. The van der Waals surface area contributed by atoms with Crippen LogP contribution in [-0.2, 0) is 6.18 Å². The summed E-state index contributed by atoms with van der Waals surface area (Å²) in [5, 5.41) is -0.473. The first-order valence-corrected chi connectivity index (χ1v) is 9.48. The van der Waals surface area contributed by atoms with Crippen molar-refractivity contribution in [3.05, 3.63) is 82.4 Å². The number of imidazole rings is 1. The zero-order valence-corrected chi connectivity index (χ0v) is 16.8. The Bertz CT molecular complexity index is 1350. The maximum atomic E-state index is 13.1. The van der Waals surface area contributed by atoms with E-state index in [1.165, 1.54) is 18.2 Å².